The SMILES string of the molecule is Cc1ccc2c(c1)C(C)(C)CC(C(=O)c1cc(N3CCC(n4c(=O)[nH]c5ncccc54)CC3)ncn1)C2. The van der Waals surface area contributed by atoms with Crippen molar-refractivity contribution in [1.29, 1.82) is 0 Å². The van der Waals surface area contributed by atoms with Crippen LogP contribution >= 0.6 is 0 Å². The number of piperidine rings is 1. The van der Waals surface area contributed by atoms with Crippen LogP contribution in [0, 0.1) is 12.8 Å². The van der Waals surface area contributed by atoms with Gasteiger partial charge in [0.1, 0.15) is 17.8 Å². The molecule has 4 heterocycles. The molecule has 37 heavy (non-hydrogen) atoms. The summed E-state index contributed by atoms with van der Waals surface area (Å²) in [4.78, 5) is 44.4. The number of Topliss-reactive ketones (excluding diaryl/α,β-unsaturated/α-hetero) is 1. The fourth-order valence-corrected chi connectivity index (χ4v) is 6.29. The summed E-state index contributed by atoms with van der Waals surface area (Å²) in [7, 11) is 0. The first-order valence-corrected chi connectivity index (χ1v) is 13.1. The van der Waals surface area contributed by atoms with Crippen molar-refractivity contribution in [2.24, 2.45) is 5.92 Å². The minimum Gasteiger partial charge on any atom is -0.356 e. The number of aromatic amines is 1. The third-order valence-corrected chi connectivity index (χ3v) is 8.14. The Balaban J connectivity index is 1.18. The molecule has 6 rings (SSSR count). The number of aryl methyl sites for hydroxylation is 1. The number of fused-ring (bicyclic) bond motifs is 2. The topological polar surface area (TPSA) is 96.8 Å². The Bertz CT molecular complexity index is 1540. The molecule has 1 aromatic carbocycles. The molecule has 3 aromatic heterocycles. The van der Waals surface area contributed by atoms with Crippen LogP contribution in [0.2, 0.25) is 0 Å². The summed E-state index contributed by atoms with van der Waals surface area (Å²) in [5, 5.41) is 0. The molecule has 4 aromatic rings. The monoisotopic (exact) mass is 496 g/mol. The normalized spacial score (nSPS) is 19.6. The van der Waals surface area contributed by atoms with Gasteiger partial charge in [-0.1, -0.05) is 37.6 Å². The van der Waals surface area contributed by atoms with Gasteiger partial charge in [-0.3, -0.25) is 14.3 Å². The maximum atomic E-state index is 13.6. The van der Waals surface area contributed by atoms with Crippen LogP contribution in [-0.4, -0.2) is 43.4 Å². The van der Waals surface area contributed by atoms with Gasteiger partial charge in [0, 0.05) is 37.3 Å². The van der Waals surface area contributed by atoms with Crippen molar-refractivity contribution in [2.45, 2.75) is 57.9 Å². The van der Waals surface area contributed by atoms with E-state index in [1.165, 1.54) is 23.0 Å². The Morgan fingerprint density at radius 1 is 1.08 bits per heavy atom. The van der Waals surface area contributed by atoms with Gasteiger partial charge in [-0.05, 0) is 61.3 Å². The molecule has 1 aliphatic heterocycles. The van der Waals surface area contributed by atoms with Gasteiger partial charge in [0.05, 0.1) is 5.52 Å². The zero-order chi connectivity index (χ0) is 25.7. The minimum atomic E-state index is -0.116. The standard InChI is InChI=1S/C29H32N6O2/c1-18-6-7-19-14-20(16-29(2,3)22(19)13-18)26(36)23-15-25(32-17-31-23)34-11-8-21(9-12-34)35-24-5-4-10-30-27(24)33-28(35)37/h4-7,10,13,15,17,20-21H,8-9,11-12,14,16H2,1-3H3,(H,30,33,37). The highest BCUT2D eigenvalue weighted by molar-refractivity contribution is 5.97. The van der Waals surface area contributed by atoms with E-state index in [1.54, 1.807) is 6.20 Å². The molecule has 0 saturated carbocycles. The molecule has 8 nitrogen and oxygen atoms in total. The molecule has 0 amide bonds. The third-order valence-electron chi connectivity index (χ3n) is 8.14. The summed E-state index contributed by atoms with van der Waals surface area (Å²) in [6.07, 6.45) is 6.37. The van der Waals surface area contributed by atoms with Crippen LogP contribution in [0.25, 0.3) is 11.2 Å². The summed E-state index contributed by atoms with van der Waals surface area (Å²) in [6, 6.07) is 12.3. The first kappa shape index (κ1) is 23.6. The molecular weight excluding hydrogens is 464 g/mol. The third kappa shape index (κ3) is 4.24. The van der Waals surface area contributed by atoms with Gasteiger partial charge in [0.2, 0.25) is 0 Å². The van der Waals surface area contributed by atoms with E-state index in [-0.39, 0.29) is 28.8 Å². The first-order chi connectivity index (χ1) is 17.8. The van der Waals surface area contributed by atoms with Crippen LogP contribution in [-0.2, 0) is 11.8 Å². The molecule has 8 heteroatoms. The molecule has 1 saturated heterocycles. The van der Waals surface area contributed by atoms with Crippen molar-refractivity contribution in [3.63, 3.8) is 0 Å². The molecule has 0 bridgehead atoms. The Labute approximate surface area is 215 Å². The lowest BCUT2D eigenvalue weighted by atomic mass is 9.67. The fraction of sp³-hybridized carbons (Fsp3) is 0.414. The van der Waals surface area contributed by atoms with Gasteiger partial charge >= 0.3 is 5.69 Å². The van der Waals surface area contributed by atoms with Crippen LogP contribution < -0.4 is 10.6 Å². The Morgan fingerprint density at radius 2 is 1.89 bits per heavy atom. The Morgan fingerprint density at radius 3 is 2.70 bits per heavy atom. The largest absolute Gasteiger partial charge is 0.356 e. The van der Waals surface area contributed by atoms with Gasteiger partial charge in [0.25, 0.3) is 0 Å². The second-order valence-electron chi connectivity index (χ2n) is 11.2. The molecule has 0 spiro atoms. The van der Waals surface area contributed by atoms with Crippen LogP contribution in [0.3, 0.4) is 0 Å². The lowest BCUT2D eigenvalue weighted by molar-refractivity contribution is 0.0882. The number of carbonyl (C=O) groups is 1. The number of anilines is 1. The van der Waals surface area contributed by atoms with Crippen molar-refractivity contribution in [2.75, 3.05) is 18.0 Å². The van der Waals surface area contributed by atoms with Gasteiger partial charge in [-0.25, -0.2) is 19.7 Å². The number of hydrogen-bond donors (Lipinski definition) is 1. The number of pyridine rings is 1. The average molecular weight is 497 g/mol. The average Bonchev–Trinajstić information content (AvgIpc) is 3.24. The predicted octanol–water partition coefficient (Wildman–Crippen LogP) is 4.39. The molecule has 1 fully saturated rings. The van der Waals surface area contributed by atoms with Crippen LogP contribution in [0.4, 0.5) is 5.82 Å². The predicted molar refractivity (Wildman–Crippen MR) is 143 cm³/mol. The lowest BCUT2D eigenvalue weighted by Gasteiger charge is -2.37. The van der Waals surface area contributed by atoms with Crippen molar-refractivity contribution in [1.82, 2.24) is 24.5 Å². The number of aromatic nitrogens is 5. The Kier molecular flexibility index (Phi) is 5.70. The second-order valence-corrected chi connectivity index (χ2v) is 11.2. The van der Waals surface area contributed by atoms with Crippen LogP contribution in [0.1, 0.15) is 66.3 Å². The molecular formula is C29H32N6O2. The molecule has 1 aliphatic carbocycles. The number of imidazole rings is 1. The highest BCUT2D eigenvalue weighted by Crippen LogP contribution is 2.41. The summed E-state index contributed by atoms with van der Waals surface area (Å²) in [5.74, 6) is 0.771. The number of benzene rings is 1. The summed E-state index contributed by atoms with van der Waals surface area (Å²) in [5.41, 5.74) is 5.65. The van der Waals surface area contributed by atoms with Gasteiger partial charge in [-0.15, -0.1) is 0 Å². The molecule has 1 atom stereocenters. The van der Waals surface area contributed by atoms with Crippen LogP contribution in [0.15, 0.2) is 53.7 Å². The number of carbonyl (C=O) groups excluding carboxylic acids is 1. The van der Waals surface area contributed by atoms with E-state index >= 15 is 0 Å². The van der Waals surface area contributed by atoms with Gasteiger partial charge in [0.15, 0.2) is 11.4 Å². The molecule has 190 valence electrons. The zero-order valence-electron chi connectivity index (χ0n) is 21.6. The van der Waals surface area contributed by atoms with E-state index in [2.05, 4.69) is 63.8 Å². The second kappa shape index (κ2) is 8.94. The van der Waals surface area contributed by atoms with Crippen molar-refractivity contribution in [3.05, 3.63) is 81.8 Å². The number of rotatable bonds is 4. The van der Waals surface area contributed by atoms with Gasteiger partial charge in [-0.2, -0.15) is 0 Å². The highest BCUT2D eigenvalue weighted by Gasteiger charge is 2.37. The summed E-state index contributed by atoms with van der Waals surface area (Å²) in [6.45, 7) is 8.08. The quantitative estimate of drug-likeness (QED) is 0.421. The maximum Gasteiger partial charge on any atom is 0.327 e. The molecule has 1 N–H and O–H groups in total. The Hall–Kier alpha value is -3.81. The summed E-state index contributed by atoms with van der Waals surface area (Å²) >= 11 is 0. The van der Waals surface area contributed by atoms with E-state index < -0.39 is 0 Å². The minimum absolute atomic E-state index is 0.0618. The van der Waals surface area contributed by atoms with Crippen molar-refractivity contribution < 1.29 is 4.79 Å². The lowest BCUT2D eigenvalue weighted by Crippen LogP contribution is -2.37. The number of nitrogens with one attached hydrogen (secondary N) is 1. The number of hydrogen-bond acceptors (Lipinski definition) is 6. The molecule has 1 unspecified atom stereocenters. The van der Waals surface area contributed by atoms with E-state index in [1.807, 2.05) is 22.8 Å². The van der Waals surface area contributed by atoms with E-state index in [9.17, 15) is 9.59 Å². The maximum absolute atomic E-state index is 13.6. The number of H-pyrrole nitrogens is 1. The molecule has 2 aliphatic rings. The van der Waals surface area contributed by atoms with Gasteiger partial charge < -0.3 is 4.90 Å². The highest BCUT2D eigenvalue weighted by atomic mass is 16.1. The smallest absolute Gasteiger partial charge is 0.327 e. The number of nitrogens with zero attached hydrogens (tertiary/aromatic N) is 5. The fourth-order valence-electron chi connectivity index (χ4n) is 6.29. The van der Waals surface area contributed by atoms with E-state index in [0.717, 1.165) is 50.1 Å². The van der Waals surface area contributed by atoms with Crippen molar-refractivity contribution in [3.8, 4) is 0 Å². The number of ketones is 1. The van der Waals surface area contributed by atoms with E-state index in [4.69, 9.17) is 0 Å². The van der Waals surface area contributed by atoms with E-state index in [0.29, 0.717) is 11.3 Å². The van der Waals surface area contributed by atoms with Crippen molar-refractivity contribution >= 4 is 22.8 Å². The summed E-state index contributed by atoms with van der Waals surface area (Å²) < 4.78 is 1.83. The van der Waals surface area contributed by atoms with Crippen LogP contribution in [0.5, 0.6) is 0 Å². The first-order valence-electron chi connectivity index (χ1n) is 13.1. The molecule has 0 radical (unpaired) electrons. The zero-order valence-corrected chi connectivity index (χ0v) is 21.6.